The monoisotopic (exact) mass is 367 g/mol. The van der Waals surface area contributed by atoms with Crippen molar-refractivity contribution in [2.75, 3.05) is 0 Å². The summed E-state index contributed by atoms with van der Waals surface area (Å²) in [6.45, 7) is 7.15. The molecule has 25 heavy (non-hydrogen) atoms. The molecule has 0 aromatic heterocycles. The maximum Gasteiger partial charge on any atom is 0.0390 e. The highest BCUT2D eigenvalue weighted by molar-refractivity contribution is 6.23. The van der Waals surface area contributed by atoms with Crippen molar-refractivity contribution >= 4 is 11.6 Å². The van der Waals surface area contributed by atoms with Crippen LogP contribution >= 0.6 is 11.6 Å². The molecule has 1 rings (SSSR count). The maximum absolute atomic E-state index is 6.16. The average molecular weight is 368 g/mol. The van der Waals surface area contributed by atoms with Crippen molar-refractivity contribution in [2.24, 2.45) is 5.73 Å². The standard InChI is InChI=1S/C16H33Cl.C7H9N/c1-4-5-6-7-8-9-10-11-12-13-14-15-16(2,3)17;8-6-7-4-2-1-3-5-7/h4-15H2,1-3H3;1-5H,6,8H2. The SMILES string of the molecule is CCCCCCCCCCCCCC(C)(C)Cl.NCc1ccccc1. The first-order chi connectivity index (χ1) is 12.0. The molecule has 1 aromatic rings. The van der Waals surface area contributed by atoms with Crippen LogP contribution in [0.1, 0.15) is 103 Å². The van der Waals surface area contributed by atoms with Crippen LogP contribution in [0.25, 0.3) is 0 Å². The normalized spacial score (nSPS) is 11.1. The highest BCUT2D eigenvalue weighted by Crippen LogP contribution is 2.21. The fraction of sp³-hybridized carbons (Fsp3) is 0.739. The van der Waals surface area contributed by atoms with Crippen molar-refractivity contribution in [1.29, 1.82) is 0 Å². The van der Waals surface area contributed by atoms with Crippen LogP contribution in [-0.2, 0) is 6.54 Å². The predicted molar refractivity (Wildman–Crippen MR) is 115 cm³/mol. The molecule has 0 atom stereocenters. The summed E-state index contributed by atoms with van der Waals surface area (Å²) in [7, 11) is 0. The van der Waals surface area contributed by atoms with Gasteiger partial charge in [0.1, 0.15) is 0 Å². The second-order valence-electron chi connectivity index (χ2n) is 7.69. The van der Waals surface area contributed by atoms with E-state index in [1.54, 1.807) is 0 Å². The van der Waals surface area contributed by atoms with Crippen molar-refractivity contribution in [3.05, 3.63) is 35.9 Å². The molecule has 0 amide bonds. The molecule has 2 N–H and O–H groups in total. The van der Waals surface area contributed by atoms with Gasteiger partial charge < -0.3 is 5.73 Å². The summed E-state index contributed by atoms with van der Waals surface area (Å²) in [6.07, 6.45) is 16.7. The van der Waals surface area contributed by atoms with Crippen LogP contribution in [-0.4, -0.2) is 4.87 Å². The number of rotatable bonds is 13. The summed E-state index contributed by atoms with van der Waals surface area (Å²) in [6, 6.07) is 9.99. The van der Waals surface area contributed by atoms with E-state index in [4.69, 9.17) is 17.3 Å². The minimum atomic E-state index is 0.0132. The molecule has 0 bridgehead atoms. The number of hydrogen-bond donors (Lipinski definition) is 1. The molecule has 0 aliphatic heterocycles. The molecule has 0 spiro atoms. The van der Waals surface area contributed by atoms with Crippen LogP contribution in [0.4, 0.5) is 0 Å². The van der Waals surface area contributed by atoms with E-state index in [0.717, 1.165) is 6.42 Å². The molecular weight excluding hydrogens is 326 g/mol. The summed E-state index contributed by atoms with van der Waals surface area (Å²) in [5.41, 5.74) is 6.54. The van der Waals surface area contributed by atoms with Crippen molar-refractivity contribution in [2.45, 2.75) is 109 Å². The fourth-order valence-corrected chi connectivity index (χ4v) is 2.96. The molecule has 146 valence electrons. The topological polar surface area (TPSA) is 26.0 Å². The minimum absolute atomic E-state index is 0.0132. The van der Waals surface area contributed by atoms with Crippen LogP contribution < -0.4 is 5.73 Å². The van der Waals surface area contributed by atoms with E-state index in [2.05, 4.69) is 20.8 Å². The zero-order valence-electron chi connectivity index (χ0n) is 17.0. The lowest BCUT2D eigenvalue weighted by molar-refractivity contribution is 0.520. The second kappa shape index (κ2) is 16.9. The number of alkyl halides is 1. The second-order valence-corrected chi connectivity index (χ2v) is 8.72. The van der Waals surface area contributed by atoms with Crippen LogP contribution in [0.3, 0.4) is 0 Å². The van der Waals surface area contributed by atoms with Gasteiger partial charge in [0.25, 0.3) is 0 Å². The van der Waals surface area contributed by atoms with Crippen LogP contribution in [0.5, 0.6) is 0 Å². The van der Waals surface area contributed by atoms with Gasteiger partial charge in [-0.15, -0.1) is 11.6 Å². The number of hydrogen-bond acceptors (Lipinski definition) is 1. The van der Waals surface area contributed by atoms with Gasteiger partial charge in [0.2, 0.25) is 0 Å². The van der Waals surface area contributed by atoms with E-state index >= 15 is 0 Å². The lowest BCUT2D eigenvalue weighted by Crippen LogP contribution is -2.08. The molecule has 1 aromatic carbocycles. The molecule has 2 heteroatoms. The summed E-state index contributed by atoms with van der Waals surface area (Å²) in [5.74, 6) is 0. The molecule has 0 saturated carbocycles. The van der Waals surface area contributed by atoms with Gasteiger partial charge in [-0.25, -0.2) is 0 Å². The predicted octanol–water partition coefficient (Wildman–Crippen LogP) is 7.85. The minimum Gasteiger partial charge on any atom is -0.326 e. The first kappa shape index (κ1) is 24.5. The Morgan fingerprint density at radius 3 is 1.56 bits per heavy atom. The van der Waals surface area contributed by atoms with E-state index in [9.17, 15) is 0 Å². The summed E-state index contributed by atoms with van der Waals surface area (Å²) >= 11 is 6.16. The Balaban J connectivity index is 0.000000593. The van der Waals surface area contributed by atoms with Gasteiger partial charge in [-0.05, 0) is 25.8 Å². The quantitative estimate of drug-likeness (QED) is 0.278. The highest BCUT2D eigenvalue weighted by Gasteiger charge is 2.11. The van der Waals surface area contributed by atoms with E-state index in [0.29, 0.717) is 6.54 Å². The maximum atomic E-state index is 6.16. The van der Waals surface area contributed by atoms with Crippen molar-refractivity contribution in [3.63, 3.8) is 0 Å². The third-order valence-electron chi connectivity index (χ3n) is 4.45. The molecule has 0 heterocycles. The Kier molecular flexibility index (Phi) is 16.6. The molecule has 0 radical (unpaired) electrons. The van der Waals surface area contributed by atoms with Crippen molar-refractivity contribution in [1.82, 2.24) is 0 Å². The van der Waals surface area contributed by atoms with Crippen LogP contribution in [0.2, 0.25) is 0 Å². The first-order valence-corrected chi connectivity index (χ1v) is 10.8. The Bertz CT molecular complexity index is 369. The average Bonchev–Trinajstić information content (AvgIpc) is 2.60. The van der Waals surface area contributed by atoms with Gasteiger partial charge in [0.15, 0.2) is 0 Å². The third kappa shape index (κ3) is 19.6. The smallest absolute Gasteiger partial charge is 0.0390 e. The molecule has 1 nitrogen and oxygen atoms in total. The lowest BCUT2D eigenvalue weighted by Gasteiger charge is -2.14. The van der Waals surface area contributed by atoms with Gasteiger partial charge >= 0.3 is 0 Å². The molecular formula is C23H42ClN. The Morgan fingerprint density at radius 1 is 0.760 bits per heavy atom. The van der Waals surface area contributed by atoms with E-state index < -0.39 is 0 Å². The first-order valence-electron chi connectivity index (χ1n) is 10.4. The van der Waals surface area contributed by atoms with Gasteiger partial charge in [0.05, 0.1) is 0 Å². The number of benzene rings is 1. The Labute approximate surface area is 162 Å². The molecule has 0 fully saturated rings. The largest absolute Gasteiger partial charge is 0.326 e. The summed E-state index contributed by atoms with van der Waals surface area (Å²) in [4.78, 5) is 0.0132. The number of unbranched alkanes of at least 4 members (excludes halogenated alkanes) is 10. The third-order valence-corrected chi connectivity index (χ3v) is 4.64. The van der Waals surface area contributed by atoms with Gasteiger partial charge in [-0.3, -0.25) is 0 Å². The number of nitrogens with two attached hydrogens (primary N) is 1. The van der Waals surface area contributed by atoms with Crippen LogP contribution in [0, 0.1) is 0 Å². The molecule has 0 unspecified atom stereocenters. The summed E-state index contributed by atoms with van der Waals surface area (Å²) < 4.78 is 0. The van der Waals surface area contributed by atoms with Gasteiger partial charge in [-0.1, -0.05) is 108 Å². The molecule has 0 saturated heterocycles. The number of halogens is 1. The molecule has 0 aliphatic carbocycles. The van der Waals surface area contributed by atoms with Gasteiger partial charge in [0, 0.05) is 11.4 Å². The van der Waals surface area contributed by atoms with E-state index in [1.807, 2.05) is 30.3 Å². The van der Waals surface area contributed by atoms with Crippen molar-refractivity contribution in [3.8, 4) is 0 Å². The fourth-order valence-electron chi connectivity index (χ4n) is 2.82. The van der Waals surface area contributed by atoms with Crippen LogP contribution in [0.15, 0.2) is 30.3 Å². The van der Waals surface area contributed by atoms with Crippen molar-refractivity contribution < 1.29 is 0 Å². The zero-order valence-corrected chi connectivity index (χ0v) is 17.8. The lowest BCUT2D eigenvalue weighted by atomic mass is 10.0. The van der Waals surface area contributed by atoms with E-state index in [1.165, 1.54) is 76.2 Å². The zero-order chi connectivity index (χ0) is 18.8. The van der Waals surface area contributed by atoms with Gasteiger partial charge in [-0.2, -0.15) is 0 Å². The summed E-state index contributed by atoms with van der Waals surface area (Å²) in [5, 5.41) is 0. The molecule has 0 aliphatic rings. The highest BCUT2D eigenvalue weighted by atomic mass is 35.5. The Hall–Kier alpha value is -0.530. The Morgan fingerprint density at radius 2 is 1.20 bits per heavy atom. The van der Waals surface area contributed by atoms with E-state index in [-0.39, 0.29) is 4.87 Å².